The minimum Gasteiger partial charge on any atom is -0.351 e. The van der Waals surface area contributed by atoms with Gasteiger partial charge in [-0.3, -0.25) is 14.3 Å². The molecule has 1 saturated heterocycles. The highest BCUT2D eigenvalue weighted by atomic mass is 127. The van der Waals surface area contributed by atoms with Crippen LogP contribution in [0.1, 0.15) is 26.0 Å². The van der Waals surface area contributed by atoms with Crippen LogP contribution >= 0.6 is 23.0 Å². The topological polar surface area (TPSA) is 73.3 Å². The van der Waals surface area contributed by atoms with Gasteiger partial charge in [-0.25, -0.2) is 4.79 Å². The molecule has 0 radical (unpaired) electrons. The van der Waals surface area contributed by atoms with Crippen molar-refractivity contribution in [2.24, 2.45) is 11.3 Å². The van der Waals surface area contributed by atoms with Crippen molar-refractivity contribution in [1.82, 2.24) is 9.55 Å². The van der Waals surface area contributed by atoms with E-state index in [2.05, 4.69) is 11.9 Å². The lowest BCUT2D eigenvalue weighted by atomic mass is 9.88. The van der Waals surface area contributed by atoms with Gasteiger partial charge in [-0.15, -0.1) is 0 Å². The summed E-state index contributed by atoms with van der Waals surface area (Å²) in [6, 6.07) is 1.35. The highest BCUT2D eigenvalue weighted by Crippen LogP contribution is 2.65. The minimum absolute atomic E-state index is 0.0109. The number of aromatic nitrogens is 2. The lowest BCUT2D eigenvalue weighted by Crippen LogP contribution is -2.34. The second-order valence-electron chi connectivity index (χ2n) is 5.34. The first kappa shape index (κ1) is 13.3. The van der Waals surface area contributed by atoms with E-state index in [1.54, 1.807) is 0 Å². The van der Waals surface area contributed by atoms with Crippen LogP contribution in [0.25, 0.3) is 0 Å². The Kier molecular flexibility index (Phi) is 3.30. The zero-order chi connectivity index (χ0) is 13.6. The lowest BCUT2D eigenvalue weighted by Gasteiger charge is -2.21. The molecule has 1 aliphatic carbocycles. The molecule has 1 aromatic rings. The number of aromatic amines is 1. The average molecular weight is 378 g/mol. The van der Waals surface area contributed by atoms with Crippen molar-refractivity contribution in [2.45, 2.75) is 32.1 Å². The molecule has 6 nitrogen and oxygen atoms in total. The maximum atomic E-state index is 11.9. The van der Waals surface area contributed by atoms with E-state index in [1.807, 2.05) is 23.0 Å². The smallest absolute Gasteiger partial charge is 0.330 e. The predicted molar refractivity (Wildman–Crippen MR) is 76.0 cm³/mol. The third-order valence-corrected chi connectivity index (χ3v) is 4.78. The van der Waals surface area contributed by atoms with Crippen molar-refractivity contribution in [3.05, 3.63) is 33.1 Å². The van der Waals surface area contributed by atoms with Crippen LogP contribution < -0.4 is 11.2 Å². The molecule has 1 saturated carbocycles. The largest absolute Gasteiger partial charge is 0.351 e. The molecule has 3 rings (SSSR count). The van der Waals surface area contributed by atoms with Gasteiger partial charge in [-0.2, -0.15) is 0 Å². The SMILES string of the molecule is C[C@@H]1[C@@H](COI)O[C@@H](n2ccc(=O)[nH]c2=O)C12CC2. The van der Waals surface area contributed by atoms with E-state index in [-0.39, 0.29) is 23.3 Å². The Hall–Kier alpha value is -0.670. The number of hydrogen-bond donors (Lipinski definition) is 1. The number of nitrogens with one attached hydrogen (secondary N) is 1. The van der Waals surface area contributed by atoms with Crippen molar-refractivity contribution in [3.8, 4) is 0 Å². The monoisotopic (exact) mass is 378 g/mol. The van der Waals surface area contributed by atoms with Gasteiger partial charge in [0, 0.05) is 17.7 Å². The Balaban J connectivity index is 1.97. The molecule has 1 spiro atoms. The minimum atomic E-state index is -0.410. The molecular weight excluding hydrogens is 363 g/mol. The third-order valence-electron chi connectivity index (χ3n) is 4.42. The van der Waals surface area contributed by atoms with E-state index < -0.39 is 5.69 Å². The number of hydrogen-bond acceptors (Lipinski definition) is 4. The van der Waals surface area contributed by atoms with Crippen molar-refractivity contribution >= 4 is 23.0 Å². The summed E-state index contributed by atoms with van der Waals surface area (Å²) in [5, 5.41) is 0. The molecule has 1 aliphatic heterocycles. The standard InChI is InChI=1S/C12H15IN2O4/c1-7-8(6-18-13)19-10(12(7)3-4-12)15-5-2-9(16)14-11(15)17/h2,5,7-8,10H,3-4,6H2,1H3,(H,14,16,17)/t7-,8-,10-/m1/s1. The quantitative estimate of drug-likeness (QED) is 0.803. The maximum absolute atomic E-state index is 11.9. The predicted octanol–water partition coefficient (Wildman–Crippen LogP) is 1.22. The van der Waals surface area contributed by atoms with Crippen molar-refractivity contribution < 1.29 is 7.80 Å². The van der Waals surface area contributed by atoms with Crippen LogP contribution in [0.2, 0.25) is 0 Å². The van der Waals surface area contributed by atoms with Gasteiger partial charge in [0.2, 0.25) is 0 Å². The highest BCUT2D eigenvalue weighted by molar-refractivity contribution is 14.1. The first-order valence-electron chi connectivity index (χ1n) is 6.29. The highest BCUT2D eigenvalue weighted by Gasteiger charge is 2.62. The number of rotatable bonds is 3. The number of nitrogens with zero attached hydrogens (tertiary/aromatic N) is 1. The summed E-state index contributed by atoms with van der Waals surface area (Å²) in [4.78, 5) is 25.3. The third kappa shape index (κ3) is 2.07. The van der Waals surface area contributed by atoms with Crippen molar-refractivity contribution in [2.75, 3.05) is 6.61 Å². The van der Waals surface area contributed by atoms with E-state index in [1.165, 1.54) is 16.8 Å². The molecule has 0 amide bonds. The average Bonchev–Trinajstić information content (AvgIpc) is 3.11. The molecule has 0 unspecified atom stereocenters. The van der Waals surface area contributed by atoms with Crippen LogP contribution in [0, 0.1) is 11.3 Å². The van der Waals surface area contributed by atoms with Crippen LogP contribution in [0.3, 0.4) is 0 Å². The number of H-pyrrole nitrogens is 1. The Bertz CT molecular complexity index is 592. The second kappa shape index (κ2) is 4.71. The van der Waals surface area contributed by atoms with Gasteiger partial charge in [0.05, 0.1) is 12.7 Å². The lowest BCUT2D eigenvalue weighted by molar-refractivity contribution is -0.0327. The molecule has 0 aromatic carbocycles. The molecule has 3 atom stereocenters. The van der Waals surface area contributed by atoms with Gasteiger partial charge in [-0.05, 0) is 18.8 Å². The van der Waals surface area contributed by atoms with Crippen molar-refractivity contribution in [1.29, 1.82) is 0 Å². The fourth-order valence-electron chi connectivity index (χ4n) is 3.06. The molecule has 7 heteroatoms. The van der Waals surface area contributed by atoms with E-state index in [4.69, 9.17) is 7.80 Å². The molecular formula is C12H15IN2O4. The normalized spacial score (nSPS) is 31.8. The van der Waals surface area contributed by atoms with Crippen LogP contribution in [0.4, 0.5) is 0 Å². The first-order valence-corrected chi connectivity index (χ1v) is 7.17. The van der Waals surface area contributed by atoms with Crippen LogP contribution in [0.5, 0.6) is 0 Å². The Labute approximate surface area is 123 Å². The van der Waals surface area contributed by atoms with Crippen LogP contribution in [-0.2, 0) is 7.80 Å². The Morgan fingerprint density at radius 3 is 2.89 bits per heavy atom. The van der Waals surface area contributed by atoms with E-state index >= 15 is 0 Å². The summed E-state index contributed by atoms with van der Waals surface area (Å²) < 4.78 is 12.7. The van der Waals surface area contributed by atoms with Crippen LogP contribution in [0.15, 0.2) is 21.9 Å². The molecule has 2 heterocycles. The summed E-state index contributed by atoms with van der Waals surface area (Å²) in [5.41, 5.74) is -0.779. The van der Waals surface area contributed by atoms with E-state index in [0.717, 1.165) is 12.8 Å². The molecule has 2 fully saturated rings. The van der Waals surface area contributed by atoms with Gasteiger partial charge < -0.3 is 7.80 Å². The second-order valence-corrected chi connectivity index (χ2v) is 5.96. The summed E-state index contributed by atoms with van der Waals surface area (Å²) in [6.45, 7) is 2.65. The summed E-state index contributed by atoms with van der Waals surface area (Å²) in [5.74, 6) is 0.339. The van der Waals surface area contributed by atoms with Gasteiger partial charge in [0.15, 0.2) is 0 Å². The fourth-order valence-corrected chi connectivity index (χ4v) is 3.42. The van der Waals surface area contributed by atoms with Gasteiger partial charge >= 0.3 is 5.69 Å². The summed E-state index contributed by atoms with van der Waals surface area (Å²) in [7, 11) is 0. The molecule has 104 valence electrons. The molecule has 1 N–H and O–H groups in total. The van der Waals surface area contributed by atoms with Gasteiger partial charge in [0.1, 0.15) is 29.2 Å². The van der Waals surface area contributed by atoms with Crippen molar-refractivity contribution in [3.63, 3.8) is 0 Å². The van der Waals surface area contributed by atoms with Gasteiger partial charge in [-0.1, -0.05) is 6.92 Å². The zero-order valence-electron chi connectivity index (χ0n) is 10.5. The van der Waals surface area contributed by atoms with E-state index in [0.29, 0.717) is 12.5 Å². The molecule has 2 aliphatic rings. The summed E-state index contributed by atoms with van der Waals surface area (Å²) >= 11 is 1.86. The van der Waals surface area contributed by atoms with Gasteiger partial charge in [0.25, 0.3) is 5.56 Å². The molecule has 0 bridgehead atoms. The summed E-state index contributed by atoms with van der Waals surface area (Å²) in [6.07, 6.45) is 3.29. The number of ether oxygens (including phenoxy) is 1. The first-order chi connectivity index (χ1) is 9.08. The fraction of sp³-hybridized carbons (Fsp3) is 0.667. The molecule has 1 aromatic heterocycles. The zero-order valence-corrected chi connectivity index (χ0v) is 12.6. The maximum Gasteiger partial charge on any atom is 0.330 e. The van der Waals surface area contributed by atoms with E-state index in [9.17, 15) is 9.59 Å². The Morgan fingerprint density at radius 1 is 1.58 bits per heavy atom. The number of halogens is 1. The molecule has 19 heavy (non-hydrogen) atoms. The Morgan fingerprint density at radius 2 is 2.32 bits per heavy atom. The van der Waals surface area contributed by atoms with Crippen LogP contribution in [-0.4, -0.2) is 22.3 Å².